The fourth-order valence-electron chi connectivity index (χ4n) is 1.57. The minimum absolute atomic E-state index is 0.0235. The Labute approximate surface area is 85.5 Å². The first kappa shape index (κ1) is 9.16. The van der Waals surface area contributed by atoms with Crippen LogP contribution in [0, 0.1) is 21.4 Å². The number of hydrogen-bond acceptors (Lipinski definition) is 3. The van der Waals surface area contributed by atoms with Crippen molar-refractivity contribution in [2.45, 2.75) is 0 Å². The van der Waals surface area contributed by atoms with Crippen LogP contribution in [-0.2, 0) is 0 Å². The predicted molar refractivity (Wildman–Crippen MR) is 55.3 cm³/mol. The molecule has 0 aliphatic heterocycles. The topological polar surface area (TPSA) is 66.9 Å². The third-order valence-corrected chi connectivity index (χ3v) is 2.20. The number of hydrogen-bond donors (Lipinski definition) is 0. The van der Waals surface area contributed by atoms with Crippen molar-refractivity contribution in [3.63, 3.8) is 0 Å². The summed E-state index contributed by atoms with van der Waals surface area (Å²) in [6, 6.07) is 11.8. The van der Waals surface area contributed by atoms with Gasteiger partial charge in [-0.15, -0.1) is 0 Å². The average molecular weight is 198 g/mol. The van der Waals surface area contributed by atoms with Crippen LogP contribution in [0.4, 0.5) is 5.69 Å². The maximum Gasteiger partial charge on any atom is 0.278 e. The highest BCUT2D eigenvalue weighted by molar-refractivity contribution is 5.95. The van der Waals surface area contributed by atoms with Crippen LogP contribution >= 0.6 is 0 Å². The van der Waals surface area contributed by atoms with Gasteiger partial charge in [-0.3, -0.25) is 10.1 Å². The van der Waals surface area contributed by atoms with E-state index in [4.69, 9.17) is 5.26 Å². The number of benzene rings is 2. The molecule has 0 atom stereocenters. The summed E-state index contributed by atoms with van der Waals surface area (Å²) < 4.78 is 0. The van der Waals surface area contributed by atoms with Gasteiger partial charge >= 0.3 is 0 Å². The van der Waals surface area contributed by atoms with E-state index in [0.29, 0.717) is 16.3 Å². The Balaban J connectivity index is 2.95. The van der Waals surface area contributed by atoms with E-state index in [1.807, 2.05) is 6.07 Å². The van der Waals surface area contributed by atoms with Gasteiger partial charge in [0.2, 0.25) is 0 Å². The van der Waals surface area contributed by atoms with Gasteiger partial charge in [-0.05, 0) is 11.5 Å². The molecule has 0 aliphatic carbocycles. The summed E-state index contributed by atoms with van der Waals surface area (Å²) in [4.78, 5) is 10.3. The van der Waals surface area contributed by atoms with E-state index in [2.05, 4.69) is 0 Å². The highest BCUT2D eigenvalue weighted by atomic mass is 16.6. The Hall–Kier alpha value is -2.41. The molecular formula is C11H6N2O2. The largest absolute Gasteiger partial charge is 0.278 e. The lowest BCUT2D eigenvalue weighted by molar-refractivity contribution is -0.383. The van der Waals surface area contributed by atoms with Gasteiger partial charge in [0.15, 0.2) is 0 Å². The average Bonchev–Trinajstić information content (AvgIpc) is 2.27. The molecule has 0 radical (unpaired) electrons. The van der Waals surface area contributed by atoms with Crippen LogP contribution < -0.4 is 0 Å². The maximum atomic E-state index is 10.8. The minimum atomic E-state index is -0.469. The third-order valence-electron chi connectivity index (χ3n) is 2.20. The Morgan fingerprint density at radius 3 is 2.47 bits per heavy atom. The van der Waals surface area contributed by atoms with Crippen LogP contribution in [0.2, 0.25) is 0 Å². The van der Waals surface area contributed by atoms with Gasteiger partial charge in [-0.1, -0.05) is 24.3 Å². The molecular weight excluding hydrogens is 192 g/mol. The summed E-state index contributed by atoms with van der Waals surface area (Å²) in [6.45, 7) is 0. The van der Waals surface area contributed by atoms with Gasteiger partial charge in [0.25, 0.3) is 5.69 Å². The van der Waals surface area contributed by atoms with Crippen molar-refractivity contribution in [3.05, 3.63) is 52.1 Å². The number of non-ortho nitro benzene ring substituents is 1. The number of rotatable bonds is 1. The molecule has 0 amide bonds. The number of nitro groups is 1. The van der Waals surface area contributed by atoms with E-state index in [-0.39, 0.29) is 5.69 Å². The molecule has 72 valence electrons. The van der Waals surface area contributed by atoms with Crippen molar-refractivity contribution in [2.75, 3.05) is 0 Å². The van der Waals surface area contributed by atoms with Crippen molar-refractivity contribution in [1.82, 2.24) is 0 Å². The Bertz CT molecular complexity index is 579. The van der Waals surface area contributed by atoms with Crippen molar-refractivity contribution in [3.8, 4) is 6.07 Å². The molecule has 0 unspecified atom stereocenters. The van der Waals surface area contributed by atoms with Gasteiger partial charge in [0.05, 0.1) is 15.9 Å². The fraction of sp³-hybridized carbons (Fsp3) is 0. The summed E-state index contributed by atoms with van der Waals surface area (Å²) in [6.07, 6.45) is 0. The number of nitriles is 1. The highest BCUT2D eigenvalue weighted by Crippen LogP contribution is 2.27. The number of nitrogens with zero attached hydrogens (tertiary/aromatic N) is 2. The zero-order chi connectivity index (χ0) is 10.8. The van der Waals surface area contributed by atoms with Crippen LogP contribution in [0.15, 0.2) is 36.4 Å². The van der Waals surface area contributed by atoms with E-state index in [1.54, 1.807) is 30.3 Å². The lowest BCUT2D eigenvalue weighted by atomic mass is 10.0. The number of fused-ring (bicyclic) bond motifs is 1. The monoisotopic (exact) mass is 198 g/mol. The third kappa shape index (κ3) is 1.40. The molecule has 2 rings (SSSR count). The number of nitro benzene ring substituents is 1. The molecule has 4 heteroatoms. The normalized spacial score (nSPS) is 9.80. The SMILES string of the molecule is N#Cc1cccc2cccc([N+](=O)[O-])c12. The van der Waals surface area contributed by atoms with Gasteiger partial charge < -0.3 is 0 Å². The summed E-state index contributed by atoms with van der Waals surface area (Å²) >= 11 is 0. The van der Waals surface area contributed by atoms with Gasteiger partial charge in [0.1, 0.15) is 6.07 Å². The predicted octanol–water partition coefficient (Wildman–Crippen LogP) is 2.62. The van der Waals surface area contributed by atoms with Crippen LogP contribution in [0.3, 0.4) is 0 Å². The van der Waals surface area contributed by atoms with E-state index < -0.39 is 4.92 Å². The molecule has 15 heavy (non-hydrogen) atoms. The lowest BCUT2D eigenvalue weighted by Crippen LogP contribution is -1.91. The van der Waals surface area contributed by atoms with Gasteiger partial charge in [-0.25, -0.2) is 0 Å². The van der Waals surface area contributed by atoms with Gasteiger partial charge in [-0.2, -0.15) is 5.26 Å². The van der Waals surface area contributed by atoms with Crippen molar-refractivity contribution >= 4 is 16.5 Å². The second kappa shape index (κ2) is 3.39. The molecule has 0 saturated carbocycles. The van der Waals surface area contributed by atoms with E-state index in [9.17, 15) is 10.1 Å². The van der Waals surface area contributed by atoms with Crippen LogP contribution in [-0.4, -0.2) is 4.92 Å². The molecule has 0 heterocycles. The summed E-state index contributed by atoms with van der Waals surface area (Å²) in [5.41, 5.74) is 0.310. The summed E-state index contributed by atoms with van der Waals surface area (Å²) in [7, 11) is 0. The first-order chi connectivity index (χ1) is 7.24. The second-order valence-corrected chi connectivity index (χ2v) is 3.05. The Kier molecular flexibility index (Phi) is 2.07. The molecule has 0 N–H and O–H groups in total. The lowest BCUT2D eigenvalue weighted by Gasteiger charge is -2.00. The molecule has 0 fully saturated rings. The van der Waals surface area contributed by atoms with E-state index >= 15 is 0 Å². The smallest absolute Gasteiger partial charge is 0.258 e. The van der Waals surface area contributed by atoms with E-state index in [1.165, 1.54) is 6.07 Å². The highest BCUT2D eigenvalue weighted by Gasteiger charge is 2.13. The second-order valence-electron chi connectivity index (χ2n) is 3.05. The first-order valence-corrected chi connectivity index (χ1v) is 4.30. The maximum absolute atomic E-state index is 10.8. The quantitative estimate of drug-likeness (QED) is 0.522. The zero-order valence-corrected chi connectivity index (χ0v) is 7.68. The molecule has 4 nitrogen and oxygen atoms in total. The molecule has 0 aliphatic rings. The standard InChI is InChI=1S/C11H6N2O2/c12-7-9-5-1-3-8-4-2-6-10(11(8)9)13(14)15/h1-6H. The van der Waals surface area contributed by atoms with Crippen molar-refractivity contribution in [2.24, 2.45) is 0 Å². The van der Waals surface area contributed by atoms with Crippen molar-refractivity contribution in [1.29, 1.82) is 5.26 Å². The minimum Gasteiger partial charge on any atom is -0.258 e. The summed E-state index contributed by atoms with van der Waals surface area (Å²) in [5, 5.41) is 20.8. The fourth-order valence-corrected chi connectivity index (χ4v) is 1.57. The molecule has 0 bridgehead atoms. The summed E-state index contributed by atoms with van der Waals surface area (Å²) in [5.74, 6) is 0. The van der Waals surface area contributed by atoms with Gasteiger partial charge in [0, 0.05) is 6.07 Å². The first-order valence-electron chi connectivity index (χ1n) is 4.30. The molecule has 0 spiro atoms. The van der Waals surface area contributed by atoms with E-state index in [0.717, 1.165) is 0 Å². The van der Waals surface area contributed by atoms with Crippen LogP contribution in [0.5, 0.6) is 0 Å². The molecule has 2 aromatic rings. The molecule has 2 aromatic carbocycles. The van der Waals surface area contributed by atoms with Crippen LogP contribution in [0.1, 0.15) is 5.56 Å². The Morgan fingerprint density at radius 1 is 1.20 bits per heavy atom. The van der Waals surface area contributed by atoms with Crippen LogP contribution in [0.25, 0.3) is 10.8 Å². The Morgan fingerprint density at radius 2 is 1.87 bits per heavy atom. The van der Waals surface area contributed by atoms with Crippen molar-refractivity contribution < 1.29 is 4.92 Å². The molecule has 0 aromatic heterocycles. The molecule has 0 saturated heterocycles. The zero-order valence-electron chi connectivity index (χ0n) is 7.68.